The highest BCUT2D eigenvalue weighted by Crippen LogP contribution is 2.33. The molecular formula is C38H49FN8O6. The number of aromatic nitrogens is 4. The molecule has 4 heterocycles. The van der Waals surface area contributed by atoms with E-state index in [4.69, 9.17) is 19.2 Å². The highest BCUT2D eigenvalue weighted by Gasteiger charge is 2.37. The van der Waals surface area contributed by atoms with Crippen molar-refractivity contribution < 1.29 is 33.0 Å². The first-order valence-electron chi connectivity index (χ1n) is 18.0. The maximum absolute atomic E-state index is 14.9. The number of piperazine rings is 1. The summed E-state index contributed by atoms with van der Waals surface area (Å²) in [6, 6.07) is 6.16. The lowest BCUT2D eigenvalue weighted by Gasteiger charge is -2.45. The summed E-state index contributed by atoms with van der Waals surface area (Å²) in [5.74, 6) is -1.01. The standard InChI is InChI=1S/C38H49FN8O6/c1-22-17-46(18-23(2)47(22)36(50)53-38(6,7)8)30-11-10-27(33(48)41-26-14-25-20-44(9)43-31(25)29(39)15-26)32-28(30)16-40-34(42-32)51-21-24-12-13-45(19-24)35(49)52-37(3,4)5/h10-11,14-16,20,22-24H,12-13,17-19,21H2,1-9H3,(H,41,48)/t22-,23+,24?. The van der Waals surface area contributed by atoms with Crippen molar-refractivity contribution in [3.8, 4) is 6.01 Å². The summed E-state index contributed by atoms with van der Waals surface area (Å²) in [5, 5.41) is 8.14. The summed E-state index contributed by atoms with van der Waals surface area (Å²) in [6.07, 6.45) is 3.33. The van der Waals surface area contributed by atoms with E-state index in [2.05, 4.69) is 20.3 Å². The molecule has 2 saturated heterocycles. The van der Waals surface area contributed by atoms with Crippen LogP contribution in [0, 0.1) is 11.7 Å². The van der Waals surface area contributed by atoms with Crippen molar-refractivity contribution in [1.82, 2.24) is 29.5 Å². The summed E-state index contributed by atoms with van der Waals surface area (Å²) < 4.78 is 33.7. The molecule has 2 aromatic carbocycles. The van der Waals surface area contributed by atoms with E-state index in [0.717, 1.165) is 12.1 Å². The Morgan fingerprint density at radius 2 is 1.62 bits per heavy atom. The van der Waals surface area contributed by atoms with Gasteiger partial charge in [0.1, 0.15) is 16.7 Å². The first kappa shape index (κ1) is 37.5. The number of amides is 3. The molecule has 15 heteroatoms. The first-order chi connectivity index (χ1) is 24.8. The van der Waals surface area contributed by atoms with Gasteiger partial charge in [-0.1, -0.05) is 0 Å². The lowest BCUT2D eigenvalue weighted by atomic mass is 10.0. The molecule has 1 unspecified atom stereocenters. The van der Waals surface area contributed by atoms with Crippen molar-refractivity contribution in [2.75, 3.05) is 43.0 Å². The Hall–Kier alpha value is -5.21. The maximum Gasteiger partial charge on any atom is 0.410 e. The van der Waals surface area contributed by atoms with Crippen molar-refractivity contribution in [3.63, 3.8) is 0 Å². The van der Waals surface area contributed by atoms with Crippen LogP contribution in [0.5, 0.6) is 6.01 Å². The minimum Gasteiger partial charge on any atom is -0.463 e. The first-order valence-corrected chi connectivity index (χ1v) is 18.0. The minimum absolute atomic E-state index is 0.0393. The van der Waals surface area contributed by atoms with Gasteiger partial charge in [-0.2, -0.15) is 10.1 Å². The summed E-state index contributed by atoms with van der Waals surface area (Å²) in [6.45, 7) is 17.3. The van der Waals surface area contributed by atoms with Crippen LogP contribution in [0.2, 0.25) is 0 Å². The number of fused-ring (bicyclic) bond motifs is 2. The zero-order valence-electron chi connectivity index (χ0n) is 31.9. The van der Waals surface area contributed by atoms with E-state index >= 15 is 0 Å². The third-order valence-electron chi connectivity index (χ3n) is 9.13. The van der Waals surface area contributed by atoms with Gasteiger partial charge in [-0.05, 0) is 86.1 Å². The number of benzene rings is 2. The minimum atomic E-state index is -0.623. The monoisotopic (exact) mass is 732 g/mol. The van der Waals surface area contributed by atoms with Crippen molar-refractivity contribution >= 4 is 51.3 Å². The quantitative estimate of drug-likeness (QED) is 0.237. The maximum atomic E-state index is 14.9. The van der Waals surface area contributed by atoms with Crippen LogP contribution in [0.3, 0.4) is 0 Å². The van der Waals surface area contributed by atoms with Crippen LogP contribution < -0.4 is 15.0 Å². The number of ether oxygens (including phenoxy) is 3. The molecule has 284 valence electrons. The fourth-order valence-electron chi connectivity index (χ4n) is 6.95. The highest BCUT2D eigenvalue weighted by atomic mass is 19.1. The van der Waals surface area contributed by atoms with Gasteiger partial charge in [0.15, 0.2) is 5.82 Å². The summed E-state index contributed by atoms with van der Waals surface area (Å²) in [4.78, 5) is 54.5. The van der Waals surface area contributed by atoms with Gasteiger partial charge >= 0.3 is 18.2 Å². The molecule has 2 aromatic heterocycles. The lowest BCUT2D eigenvalue weighted by molar-refractivity contribution is 0.00561. The summed E-state index contributed by atoms with van der Waals surface area (Å²) in [7, 11) is 1.70. The number of aryl methyl sites for hydroxylation is 1. The van der Waals surface area contributed by atoms with Gasteiger partial charge < -0.3 is 29.3 Å². The van der Waals surface area contributed by atoms with Gasteiger partial charge in [-0.3, -0.25) is 14.4 Å². The average molecular weight is 733 g/mol. The van der Waals surface area contributed by atoms with Crippen LogP contribution in [-0.2, 0) is 16.5 Å². The largest absolute Gasteiger partial charge is 0.463 e. The highest BCUT2D eigenvalue weighted by molar-refractivity contribution is 6.14. The molecule has 0 bridgehead atoms. The van der Waals surface area contributed by atoms with Crippen molar-refractivity contribution in [2.45, 2.75) is 85.1 Å². The Kier molecular flexibility index (Phi) is 10.1. The molecule has 3 atom stereocenters. The van der Waals surface area contributed by atoms with Gasteiger partial charge in [0.2, 0.25) is 0 Å². The van der Waals surface area contributed by atoms with Crippen LogP contribution in [0.25, 0.3) is 21.8 Å². The molecule has 3 amide bonds. The number of nitrogens with zero attached hydrogens (tertiary/aromatic N) is 7. The van der Waals surface area contributed by atoms with Crippen molar-refractivity contribution in [3.05, 3.63) is 48.0 Å². The zero-order chi connectivity index (χ0) is 38.4. The molecule has 53 heavy (non-hydrogen) atoms. The van der Waals surface area contributed by atoms with Crippen LogP contribution in [0.15, 0.2) is 36.7 Å². The second kappa shape index (κ2) is 14.3. The second-order valence-corrected chi connectivity index (χ2v) is 16.1. The van der Waals surface area contributed by atoms with E-state index < -0.39 is 22.9 Å². The number of nitrogens with one attached hydrogen (secondary N) is 1. The predicted molar refractivity (Wildman–Crippen MR) is 199 cm³/mol. The number of hydrogen-bond donors (Lipinski definition) is 1. The van der Waals surface area contributed by atoms with Gasteiger partial charge in [0, 0.05) is 73.7 Å². The van der Waals surface area contributed by atoms with Crippen molar-refractivity contribution in [1.29, 1.82) is 0 Å². The average Bonchev–Trinajstić information content (AvgIpc) is 3.67. The van der Waals surface area contributed by atoms with E-state index in [-0.39, 0.29) is 59.6 Å². The van der Waals surface area contributed by atoms with E-state index in [0.29, 0.717) is 42.5 Å². The fraction of sp³-hybridized carbons (Fsp3) is 0.526. The molecule has 2 aliphatic heterocycles. The number of likely N-dealkylation sites (tertiary alicyclic amines) is 1. The zero-order valence-corrected chi connectivity index (χ0v) is 31.9. The van der Waals surface area contributed by atoms with E-state index in [1.807, 2.05) is 61.5 Å². The number of carbonyl (C=O) groups excluding carboxylic acids is 3. The molecule has 2 fully saturated rings. The number of rotatable bonds is 6. The van der Waals surface area contributed by atoms with Gasteiger partial charge in [-0.25, -0.2) is 19.0 Å². The molecule has 4 aromatic rings. The van der Waals surface area contributed by atoms with E-state index in [1.54, 1.807) is 41.4 Å². The SMILES string of the molecule is C[C@@H]1CN(c2ccc(C(=O)Nc3cc(F)c4nn(C)cc4c3)c3nc(OCC4CCN(C(=O)OC(C)(C)C)C4)ncc23)C[C@H](C)N1C(=O)OC(C)(C)C. The second-order valence-electron chi connectivity index (χ2n) is 16.1. The van der Waals surface area contributed by atoms with E-state index in [9.17, 15) is 18.8 Å². The van der Waals surface area contributed by atoms with Gasteiger partial charge in [0.25, 0.3) is 5.91 Å². The lowest BCUT2D eigenvalue weighted by Crippen LogP contribution is -2.59. The molecule has 0 aliphatic carbocycles. The third kappa shape index (κ3) is 8.55. The summed E-state index contributed by atoms with van der Waals surface area (Å²) >= 11 is 0. The van der Waals surface area contributed by atoms with Crippen molar-refractivity contribution in [2.24, 2.45) is 13.0 Å². The Balaban J connectivity index is 1.27. The van der Waals surface area contributed by atoms with Crippen LogP contribution >= 0.6 is 0 Å². The van der Waals surface area contributed by atoms with Gasteiger partial charge in [-0.15, -0.1) is 0 Å². The fourth-order valence-corrected chi connectivity index (χ4v) is 6.95. The Labute approximate surface area is 308 Å². The van der Waals surface area contributed by atoms with Crippen LogP contribution in [-0.4, -0.2) is 104 Å². The normalized spacial score (nSPS) is 19.5. The Morgan fingerprint density at radius 3 is 2.30 bits per heavy atom. The van der Waals surface area contributed by atoms with Crippen LogP contribution in [0.4, 0.5) is 25.4 Å². The molecular weight excluding hydrogens is 683 g/mol. The molecule has 6 rings (SSSR count). The molecule has 1 N–H and O–H groups in total. The number of halogens is 1. The summed E-state index contributed by atoms with van der Waals surface area (Å²) in [5.41, 5.74) is 0.654. The number of anilines is 2. The number of carbonyl (C=O) groups is 3. The molecule has 0 radical (unpaired) electrons. The predicted octanol–water partition coefficient (Wildman–Crippen LogP) is 6.38. The molecule has 0 saturated carbocycles. The van der Waals surface area contributed by atoms with E-state index in [1.165, 1.54) is 10.7 Å². The molecule has 2 aliphatic rings. The smallest absolute Gasteiger partial charge is 0.410 e. The Bertz CT molecular complexity index is 2030. The Morgan fingerprint density at radius 1 is 0.943 bits per heavy atom. The third-order valence-corrected chi connectivity index (χ3v) is 9.13. The topological polar surface area (TPSA) is 144 Å². The molecule has 14 nitrogen and oxygen atoms in total. The van der Waals surface area contributed by atoms with Crippen LogP contribution in [0.1, 0.15) is 72.2 Å². The number of hydrogen-bond acceptors (Lipinski definition) is 10. The van der Waals surface area contributed by atoms with Gasteiger partial charge in [0.05, 0.1) is 29.8 Å². The molecule has 0 spiro atoms.